The molecule has 0 radical (unpaired) electrons. The van der Waals surface area contributed by atoms with Crippen molar-refractivity contribution in [3.63, 3.8) is 0 Å². The number of amides is 1. The van der Waals surface area contributed by atoms with Crippen LogP contribution in [0.5, 0.6) is 0 Å². The van der Waals surface area contributed by atoms with E-state index in [4.69, 9.17) is 0 Å². The number of hydrogen-bond donors (Lipinski definition) is 1. The van der Waals surface area contributed by atoms with E-state index in [0.29, 0.717) is 19.5 Å². The summed E-state index contributed by atoms with van der Waals surface area (Å²) >= 11 is 0. The molecule has 1 amide bonds. The SMILES string of the molecule is CC1CCN(CCCCNC(=O)C2(C(F)(F)F)CCN(Cc3ccccc3)C2)CC1. The third kappa shape index (κ3) is 5.76. The third-order valence-corrected chi connectivity index (χ3v) is 6.64. The average molecular weight is 426 g/mol. The van der Waals surface area contributed by atoms with E-state index in [-0.39, 0.29) is 19.5 Å². The van der Waals surface area contributed by atoms with Gasteiger partial charge >= 0.3 is 6.18 Å². The summed E-state index contributed by atoms with van der Waals surface area (Å²) in [6.45, 7) is 6.16. The Morgan fingerprint density at radius 3 is 2.47 bits per heavy atom. The van der Waals surface area contributed by atoms with Crippen molar-refractivity contribution >= 4 is 5.91 Å². The maximum absolute atomic E-state index is 13.9. The highest BCUT2D eigenvalue weighted by molar-refractivity contribution is 5.84. The Labute approximate surface area is 177 Å². The molecule has 0 spiro atoms. The second-order valence-corrected chi connectivity index (χ2v) is 9.01. The molecule has 30 heavy (non-hydrogen) atoms. The van der Waals surface area contributed by atoms with E-state index in [1.54, 1.807) is 4.90 Å². The zero-order chi connectivity index (χ0) is 21.6. The van der Waals surface area contributed by atoms with E-state index in [2.05, 4.69) is 17.1 Å². The summed E-state index contributed by atoms with van der Waals surface area (Å²) < 4.78 is 41.8. The lowest BCUT2D eigenvalue weighted by molar-refractivity contribution is -0.218. The standard InChI is InChI=1S/C23H34F3N3O/c1-19-9-14-28(15-10-19)13-6-5-12-27-21(30)22(23(24,25)26)11-16-29(18-22)17-20-7-3-2-4-8-20/h2-4,7-8,19H,5-6,9-18H2,1H3,(H,27,30). The van der Waals surface area contributed by atoms with Crippen molar-refractivity contribution in [1.29, 1.82) is 0 Å². The minimum atomic E-state index is -4.55. The van der Waals surface area contributed by atoms with Gasteiger partial charge in [0.25, 0.3) is 0 Å². The lowest BCUT2D eigenvalue weighted by atomic mass is 9.85. The van der Waals surface area contributed by atoms with Gasteiger partial charge in [-0.1, -0.05) is 37.3 Å². The fraction of sp³-hybridized carbons (Fsp3) is 0.696. The first kappa shape index (κ1) is 23.1. The Morgan fingerprint density at radius 2 is 1.80 bits per heavy atom. The van der Waals surface area contributed by atoms with Gasteiger partial charge in [-0.25, -0.2) is 0 Å². The largest absolute Gasteiger partial charge is 0.404 e. The van der Waals surface area contributed by atoms with Crippen molar-refractivity contribution in [3.05, 3.63) is 35.9 Å². The van der Waals surface area contributed by atoms with Gasteiger partial charge in [-0.3, -0.25) is 9.69 Å². The number of hydrogen-bond acceptors (Lipinski definition) is 3. The van der Waals surface area contributed by atoms with Crippen molar-refractivity contribution in [3.8, 4) is 0 Å². The Balaban J connectivity index is 1.46. The van der Waals surface area contributed by atoms with Crippen LogP contribution in [0.3, 0.4) is 0 Å². The van der Waals surface area contributed by atoms with Crippen LogP contribution in [0.1, 0.15) is 44.6 Å². The monoisotopic (exact) mass is 425 g/mol. The topological polar surface area (TPSA) is 35.6 Å². The Morgan fingerprint density at radius 1 is 1.10 bits per heavy atom. The summed E-state index contributed by atoms with van der Waals surface area (Å²) in [5, 5.41) is 2.60. The molecule has 1 N–H and O–H groups in total. The zero-order valence-electron chi connectivity index (χ0n) is 17.9. The number of likely N-dealkylation sites (tertiary alicyclic amines) is 2. The number of carbonyl (C=O) groups excluding carboxylic acids is 1. The fourth-order valence-electron chi connectivity index (χ4n) is 4.53. The van der Waals surface area contributed by atoms with Crippen LogP contribution in [0.25, 0.3) is 0 Å². The predicted octanol–water partition coefficient (Wildman–Crippen LogP) is 4.07. The molecule has 0 saturated carbocycles. The molecule has 2 aliphatic heterocycles. The molecule has 1 aromatic carbocycles. The molecule has 168 valence electrons. The number of benzene rings is 1. The van der Waals surface area contributed by atoms with Crippen LogP contribution in [0.4, 0.5) is 13.2 Å². The summed E-state index contributed by atoms with van der Waals surface area (Å²) in [5.41, 5.74) is -1.34. The summed E-state index contributed by atoms with van der Waals surface area (Å²) in [6, 6.07) is 9.43. The molecule has 0 bridgehead atoms. The lowest BCUT2D eigenvalue weighted by Crippen LogP contribution is -2.52. The normalized spacial score (nSPS) is 24.3. The number of piperidine rings is 1. The molecule has 4 nitrogen and oxygen atoms in total. The number of alkyl halides is 3. The summed E-state index contributed by atoms with van der Waals surface area (Å²) in [5.74, 6) is -0.0793. The summed E-state index contributed by atoms with van der Waals surface area (Å²) in [6.07, 6.45) is -0.698. The number of nitrogens with one attached hydrogen (secondary N) is 1. The molecule has 2 aliphatic rings. The van der Waals surface area contributed by atoms with Gasteiger partial charge in [0.05, 0.1) is 0 Å². The number of unbranched alkanes of at least 4 members (excludes halogenated alkanes) is 1. The van der Waals surface area contributed by atoms with Crippen LogP contribution >= 0.6 is 0 Å². The van der Waals surface area contributed by atoms with Crippen molar-refractivity contribution in [1.82, 2.24) is 15.1 Å². The predicted molar refractivity (Wildman–Crippen MR) is 112 cm³/mol. The van der Waals surface area contributed by atoms with Gasteiger partial charge in [0, 0.05) is 19.6 Å². The van der Waals surface area contributed by atoms with Crippen molar-refractivity contribution in [2.24, 2.45) is 11.3 Å². The molecule has 2 fully saturated rings. The minimum absolute atomic E-state index is 0.179. The highest BCUT2D eigenvalue weighted by Gasteiger charge is 2.62. The van der Waals surface area contributed by atoms with E-state index in [1.165, 1.54) is 12.8 Å². The van der Waals surface area contributed by atoms with Gasteiger partial charge in [-0.05, 0) is 69.8 Å². The highest BCUT2D eigenvalue weighted by atomic mass is 19.4. The average Bonchev–Trinajstić information content (AvgIpc) is 3.15. The van der Waals surface area contributed by atoms with Crippen molar-refractivity contribution in [2.75, 3.05) is 39.3 Å². The van der Waals surface area contributed by atoms with Crippen LogP contribution in [0.2, 0.25) is 0 Å². The molecule has 7 heteroatoms. The Hall–Kier alpha value is -1.60. The van der Waals surface area contributed by atoms with Gasteiger partial charge in [0.15, 0.2) is 5.41 Å². The van der Waals surface area contributed by atoms with Crippen LogP contribution in [0.15, 0.2) is 30.3 Å². The molecule has 0 aromatic heterocycles. The molecule has 1 aromatic rings. The number of rotatable bonds is 8. The maximum atomic E-state index is 13.9. The van der Waals surface area contributed by atoms with Gasteiger partial charge in [-0.15, -0.1) is 0 Å². The van der Waals surface area contributed by atoms with E-state index >= 15 is 0 Å². The third-order valence-electron chi connectivity index (χ3n) is 6.64. The van der Waals surface area contributed by atoms with Gasteiger partial charge in [-0.2, -0.15) is 13.2 Å². The molecular weight excluding hydrogens is 391 g/mol. The van der Waals surface area contributed by atoms with Crippen LogP contribution < -0.4 is 5.32 Å². The van der Waals surface area contributed by atoms with Crippen molar-refractivity contribution < 1.29 is 18.0 Å². The fourth-order valence-corrected chi connectivity index (χ4v) is 4.53. The second-order valence-electron chi connectivity index (χ2n) is 9.01. The van der Waals surface area contributed by atoms with Crippen LogP contribution in [-0.4, -0.2) is 61.2 Å². The Kier molecular flexibility index (Phi) is 7.80. The van der Waals surface area contributed by atoms with Crippen LogP contribution in [-0.2, 0) is 11.3 Å². The second kappa shape index (κ2) is 10.1. The van der Waals surface area contributed by atoms with E-state index < -0.39 is 17.5 Å². The van der Waals surface area contributed by atoms with E-state index in [1.807, 2.05) is 30.3 Å². The first-order valence-corrected chi connectivity index (χ1v) is 11.1. The van der Waals surface area contributed by atoms with Gasteiger partial charge in [0.2, 0.25) is 5.91 Å². The quantitative estimate of drug-likeness (QED) is 0.638. The number of nitrogens with zero attached hydrogens (tertiary/aromatic N) is 2. The summed E-state index contributed by atoms with van der Waals surface area (Å²) in [7, 11) is 0. The van der Waals surface area contributed by atoms with E-state index in [9.17, 15) is 18.0 Å². The minimum Gasteiger partial charge on any atom is -0.355 e. The summed E-state index contributed by atoms with van der Waals surface area (Å²) in [4.78, 5) is 16.8. The first-order valence-electron chi connectivity index (χ1n) is 11.1. The molecule has 0 aliphatic carbocycles. The number of carbonyl (C=O) groups is 1. The Bertz CT molecular complexity index is 674. The highest BCUT2D eigenvalue weighted by Crippen LogP contribution is 2.46. The van der Waals surface area contributed by atoms with E-state index in [0.717, 1.165) is 37.5 Å². The molecule has 2 saturated heterocycles. The maximum Gasteiger partial charge on any atom is 0.404 e. The van der Waals surface area contributed by atoms with Crippen molar-refractivity contribution in [2.45, 2.75) is 51.7 Å². The first-order chi connectivity index (χ1) is 14.3. The molecule has 1 atom stereocenters. The van der Waals surface area contributed by atoms with Gasteiger partial charge < -0.3 is 10.2 Å². The zero-order valence-corrected chi connectivity index (χ0v) is 17.9. The molecule has 1 unspecified atom stereocenters. The van der Waals surface area contributed by atoms with Crippen LogP contribution in [0, 0.1) is 11.3 Å². The lowest BCUT2D eigenvalue weighted by Gasteiger charge is -2.31. The van der Waals surface area contributed by atoms with Gasteiger partial charge in [0.1, 0.15) is 0 Å². The molecular formula is C23H34F3N3O. The smallest absolute Gasteiger partial charge is 0.355 e. The number of halogens is 3. The molecule has 3 rings (SSSR count). The molecule has 2 heterocycles.